The van der Waals surface area contributed by atoms with Crippen LogP contribution in [0.3, 0.4) is 0 Å². The molecule has 0 spiro atoms. The molecule has 30 heavy (non-hydrogen) atoms. The van der Waals surface area contributed by atoms with Gasteiger partial charge >= 0.3 is 12.1 Å². The molecule has 0 radical (unpaired) electrons. The third kappa shape index (κ3) is 6.18. The first kappa shape index (κ1) is 23.1. The molecule has 5 N–H and O–H groups in total. The first-order chi connectivity index (χ1) is 14.0. The van der Waals surface area contributed by atoms with E-state index in [4.69, 9.17) is 23.1 Å². The molecule has 2 unspecified atom stereocenters. The molecule has 0 aliphatic heterocycles. The van der Waals surface area contributed by atoms with Crippen molar-refractivity contribution < 1.29 is 27.9 Å². The van der Waals surface area contributed by atoms with Gasteiger partial charge in [-0.3, -0.25) is 9.59 Å². The van der Waals surface area contributed by atoms with Crippen LogP contribution in [-0.4, -0.2) is 28.0 Å². The van der Waals surface area contributed by atoms with Crippen LogP contribution in [0.2, 0.25) is 0 Å². The summed E-state index contributed by atoms with van der Waals surface area (Å²) in [5, 5.41) is 14.1. The Morgan fingerprint density at radius 1 is 1.13 bits per heavy atom. The number of thiocarbonyl (C=S) groups is 1. The number of amides is 1. The van der Waals surface area contributed by atoms with Crippen LogP contribution >= 0.6 is 12.2 Å². The number of halogens is 3. The molecule has 0 fully saturated rings. The number of para-hydroxylation sites is 1. The quantitative estimate of drug-likeness (QED) is 0.390. The van der Waals surface area contributed by atoms with Crippen LogP contribution in [0.25, 0.3) is 0 Å². The van der Waals surface area contributed by atoms with Crippen molar-refractivity contribution in [2.24, 2.45) is 0 Å². The van der Waals surface area contributed by atoms with Crippen molar-refractivity contribution >= 4 is 34.8 Å². The largest absolute Gasteiger partial charge is 0.480 e. The highest BCUT2D eigenvalue weighted by molar-refractivity contribution is 7.80. The van der Waals surface area contributed by atoms with E-state index in [0.29, 0.717) is 11.3 Å². The Bertz CT molecular complexity index is 950. The number of anilines is 1. The summed E-state index contributed by atoms with van der Waals surface area (Å²) in [6.07, 6.45) is -4.91. The number of nitrogen functional groups attached to an aromatic ring is 1. The molecule has 6 nitrogen and oxygen atoms in total. The van der Waals surface area contributed by atoms with Gasteiger partial charge in [-0.2, -0.15) is 13.2 Å². The summed E-state index contributed by atoms with van der Waals surface area (Å²) in [7, 11) is 0. The molecule has 2 aromatic carbocycles. The van der Waals surface area contributed by atoms with Crippen molar-refractivity contribution in [2.75, 3.05) is 5.73 Å². The first-order valence-corrected chi connectivity index (χ1v) is 9.24. The molecule has 0 saturated heterocycles. The van der Waals surface area contributed by atoms with Crippen LogP contribution in [0.1, 0.15) is 36.1 Å². The van der Waals surface area contributed by atoms with Gasteiger partial charge in [-0.15, -0.1) is 0 Å². The van der Waals surface area contributed by atoms with Crippen molar-refractivity contribution in [3.63, 3.8) is 0 Å². The summed E-state index contributed by atoms with van der Waals surface area (Å²) in [4.78, 5) is 23.4. The third-order valence-electron chi connectivity index (χ3n) is 4.26. The minimum atomic E-state index is -4.56. The topological polar surface area (TPSA) is 104 Å². The highest BCUT2D eigenvalue weighted by atomic mass is 32.1. The van der Waals surface area contributed by atoms with Gasteiger partial charge in [0.15, 0.2) is 0 Å². The van der Waals surface area contributed by atoms with Gasteiger partial charge in [0, 0.05) is 11.3 Å². The van der Waals surface area contributed by atoms with Gasteiger partial charge in [-0.1, -0.05) is 36.5 Å². The molecule has 2 aromatic rings. The Labute approximate surface area is 176 Å². The summed E-state index contributed by atoms with van der Waals surface area (Å²) in [6.45, 7) is 1.28. The van der Waals surface area contributed by atoms with E-state index in [1.54, 1.807) is 24.3 Å². The number of carbonyl (C=O) groups is 2. The Morgan fingerprint density at radius 3 is 2.40 bits per heavy atom. The van der Waals surface area contributed by atoms with Crippen LogP contribution in [-0.2, 0) is 15.8 Å². The van der Waals surface area contributed by atoms with Crippen LogP contribution in [0, 0.1) is 0 Å². The average Bonchev–Trinajstić information content (AvgIpc) is 2.67. The summed E-state index contributed by atoms with van der Waals surface area (Å²) in [6, 6.07) is 9.04. The van der Waals surface area contributed by atoms with Crippen LogP contribution in [0.5, 0.6) is 0 Å². The van der Waals surface area contributed by atoms with Gasteiger partial charge < -0.3 is 21.5 Å². The second-order valence-electron chi connectivity index (χ2n) is 6.57. The van der Waals surface area contributed by atoms with E-state index in [1.807, 2.05) is 0 Å². The highest BCUT2D eigenvalue weighted by Gasteiger charge is 2.31. The Kier molecular flexibility index (Phi) is 7.38. The predicted molar refractivity (Wildman–Crippen MR) is 110 cm³/mol. The van der Waals surface area contributed by atoms with E-state index in [2.05, 4.69) is 10.6 Å². The second-order valence-corrected chi connectivity index (χ2v) is 6.98. The average molecular weight is 439 g/mol. The van der Waals surface area contributed by atoms with E-state index >= 15 is 0 Å². The lowest BCUT2D eigenvalue weighted by Gasteiger charge is -2.23. The first-order valence-electron chi connectivity index (χ1n) is 8.83. The minimum absolute atomic E-state index is 0.148. The summed E-state index contributed by atoms with van der Waals surface area (Å²) >= 11 is 5.33. The zero-order valence-electron chi connectivity index (χ0n) is 15.9. The van der Waals surface area contributed by atoms with Crippen molar-refractivity contribution in [3.8, 4) is 0 Å². The number of hydrogen-bond donors (Lipinski definition) is 4. The molecule has 2 atom stereocenters. The number of carbonyl (C=O) groups excluding carboxylic acids is 1. The standard InChI is InChI=1S/C20H20F3N3O3S/c1-11(19(28)29)25-17(27)10-16(12-5-4-6-13(9-12)20(21,22)23)26-18(30)14-7-2-3-8-15(14)24/h2-9,11,16H,10,24H2,1H3,(H,25,27)(H,26,30)(H,28,29). The van der Waals surface area contributed by atoms with E-state index in [1.165, 1.54) is 19.1 Å². The maximum absolute atomic E-state index is 13.1. The molecule has 0 aliphatic carbocycles. The highest BCUT2D eigenvalue weighted by Crippen LogP contribution is 2.31. The number of hydrogen-bond acceptors (Lipinski definition) is 4. The van der Waals surface area contributed by atoms with Crippen molar-refractivity contribution in [1.29, 1.82) is 0 Å². The van der Waals surface area contributed by atoms with Crippen LogP contribution in [0.4, 0.5) is 18.9 Å². The molecule has 0 heterocycles. The number of aliphatic carboxylic acids is 1. The number of nitrogens with two attached hydrogens (primary N) is 1. The lowest BCUT2D eigenvalue weighted by Crippen LogP contribution is -2.40. The number of nitrogens with one attached hydrogen (secondary N) is 2. The third-order valence-corrected chi connectivity index (χ3v) is 4.60. The Hall–Kier alpha value is -3.14. The molecule has 0 bridgehead atoms. The summed E-state index contributed by atoms with van der Waals surface area (Å²) in [5.74, 6) is -1.90. The second kappa shape index (κ2) is 9.57. The van der Waals surface area contributed by atoms with Gasteiger partial charge in [0.05, 0.1) is 18.0 Å². The zero-order chi connectivity index (χ0) is 22.5. The van der Waals surface area contributed by atoms with Gasteiger partial charge in [0.1, 0.15) is 11.0 Å². The Balaban J connectivity index is 2.33. The molecular weight excluding hydrogens is 419 g/mol. The van der Waals surface area contributed by atoms with E-state index < -0.39 is 35.7 Å². The fraction of sp³-hybridized carbons (Fsp3) is 0.250. The maximum Gasteiger partial charge on any atom is 0.416 e. The smallest absolute Gasteiger partial charge is 0.416 e. The van der Waals surface area contributed by atoms with Crippen LogP contribution in [0.15, 0.2) is 48.5 Å². The summed E-state index contributed by atoms with van der Waals surface area (Å²) in [5.41, 5.74) is 6.01. The van der Waals surface area contributed by atoms with Gasteiger partial charge in [-0.05, 0) is 36.8 Å². The SMILES string of the molecule is CC(NC(=O)CC(NC(=S)c1ccccc1N)c1cccc(C(F)(F)F)c1)C(=O)O. The van der Waals surface area contributed by atoms with Crippen molar-refractivity contribution in [1.82, 2.24) is 10.6 Å². The van der Waals surface area contributed by atoms with Gasteiger partial charge in [0.25, 0.3) is 0 Å². The minimum Gasteiger partial charge on any atom is -0.480 e. The molecule has 10 heteroatoms. The predicted octanol–water partition coefficient (Wildman–Crippen LogP) is 3.27. The molecule has 2 rings (SSSR count). The molecule has 160 valence electrons. The molecule has 1 amide bonds. The normalized spacial score (nSPS) is 13.2. The van der Waals surface area contributed by atoms with E-state index in [9.17, 15) is 22.8 Å². The summed E-state index contributed by atoms with van der Waals surface area (Å²) < 4.78 is 39.4. The molecule has 0 saturated carbocycles. The lowest BCUT2D eigenvalue weighted by atomic mass is 9.99. The number of carboxylic acids is 1. The number of rotatable bonds is 7. The van der Waals surface area contributed by atoms with Crippen molar-refractivity contribution in [3.05, 3.63) is 65.2 Å². The van der Waals surface area contributed by atoms with E-state index in [0.717, 1.165) is 12.1 Å². The molecule has 0 aliphatic rings. The number of benzene rings is 2. The molecule has 0 aromatic heterocycles. The van der Waals surface area contributed by atoms with Gasteiger partial charge in [-0.25, -0.2) is 0 Å². The Morgan fingerprint density at radius 2 is 1.80 bits per heavy atom. The van der Waals surface area contributed by atoms with Crippen molar-refractivity contribution in [2.45, 2.75) is 31.6 Å². The number of carboxylic acid groups (broad SMARTS) is 1. The fourth-order valence-corrected chi connectivity index (χ4v) is 3.00. The van der Waals surface area contributed by atoms with Crippen LogP contribution < -0.4 is 16.4 Å². The number of alkyl halides is 3. The van der Waals surface area contributed by atoms with Gasteiger partial charge in [0.2, 0.25) is 5.91 Å². The maximum atomic E-state index is 13.1. The van der Waals surface area contributed by atoms with E-state index in [-0.39, 0.29) is 17.0 Å². The lowest BCUT2D eigenvalue weighted by molar-refractivity contribution is -0.141. The zero-order valence-corrected chi connectivity index (χ0v) is 16.7. The fourth-order valence-electron chi connectivity index (χ4n) is 2.67. The monoisotopic (exact) mass is 439 g/mol. The molecular formula is C20H20F3N3O3S.